The van der Waals surface area contributed by atoms with Gasteiger partial charge in [-0.05, 0) is 61.0 Å². The number of carbonyl (C=O) groups excluding carboxylic acids is 1. The van der Waals surface area contributed by atoms with Gasteiger partial charge in [-0.2, -0.15) is 5.10 Å². The van der Waals surface area contributed by atoms with Crippen molar-refractivity contribution in [2.45, 2.75) is 13.0 Å². The number of hydrogen-bond donors (Lipinski definition) is 1. The van der Waals surface area contributed by atoms with Crippen LogP contribution in [-0.2, 0) is 6.54 Å². The smallest absolute Gasteiger partial charge is 0.266 e. The quantitative estimate of drug-likeness (QED) is 0.680. The second-order valence-corrected chi connectivity index (χ2v) is 5.90. The minimum Gasteiger partial charge on any atom is -0.352 e. The fraction of sp³-hybridized carbons (Fsp3) is 0.150. The summed E-state index contributed by atoms with van der Waals surface area (Å²) in [6.07, 6.45) is 0.493. The second kappa shape index (κ2) is 8.35. The fourth-order valence-electron chi connectivity index (χ4n) is 2.52. The average Bonchev–Trinajstić information content (AvgIpc) is 2.67. The van der Waals surface area contributed by atoms with Crippen LogP contribution in [0.1, 0.15) is 16.8 Å². The highest BCUT2D eigenvalue weighted by Gasteiger charge is 2.06. The Hall–Kier alpha value is -3.35. The van der Waals surface area contributed by atoms with Crippen molar-refractivity contribution in [2.75, 3.05) is 6.54 Å². The van der Waals surface area contributed by atoms with E-state index in [0.717, 1.165) is 0 Å². The first-order chi connectivity index (χ1) is 13.0. The molecule has 0 saturated heterocycles. The number of aromatic nitrogens is 2. The fourth-order valence-corrected chi connectivity index (χ4v) is 2.52. The molecule has 3 rings (SSSR count). The molecule has 138 valence electrons. The number of rotatable bonds is 6. The predicted octanol–water partition coefficient (Wildman–Crippen LogP) is 3.01. The van der Waals surface area contributed by atoms with Crippen molar-refractivity contribution < 1.29 is 13.6 Å². The summed E-state index contributed by atoms with van der Waals surface area (Å²) in [6, 6.07) is 14.1. The molecule has 1 amide bonds. The zero-order valence-electron chi connectivity index (χ0n) is 14.4. The van der Waals surface area contributed by atoms with Crippen LogP contribution in [0.4, 0.5) is 8.78 Å². The third kappa shape index (κ3) is 4.84. The van der Waals surface area contributed by atoms with Crippen molar-refractivity contribution in [1.82, 2.24) is 15.1 Å². The third-order valence-electron chi connectivity index (χ3n) is 3.95. The maximum atomic E-state index is 13.0. The lowest BCUT2D eigenvalue weighted by molar-refractivity contribution is 0.0952. The summed E-state index contributed by atoms with van der Waals surface area (Å²) in [5, 5.41) is 7.00. The van der Waals surface area contributed by atoms with E-state index in [-0.39, 0.29) is 17.3 Å². The maximum Gasteiger partial charge on any atom is 0.266 e. The molecule has 27 heavy (non-hydrogen) atoms. The number of nitrogens with one attached hydrogen (secondary N) is 1. The summed E-state index contributed by atoms with van der Waals surface area (Å²) >= 11 is 0. The number of halogens is 2. The zero-order chi connectivity index (χ0) is 19.2. The van der Waals surface area contributed by atoms with Crippen LogP contribution in [0.5, 0.6) is 0 Å². The number of nitrogens with zero attached hydrogens (tertiary/aromatic N) is 2. The third-order valence-corrected chi connectivity index (χ3v) is 3.95. The molecule has 0 aliphatic carbocycles. The first-order valence-corrected chi connectivity index (χ1v) is 8.41. The Labute approximate surface area is 154 Å². The molecule has 0 spiro atoms. The predicted molar refractivity (Wildman–Crippen MR) is 97.2 cm³/mol. The summed E-state index contributed by atoms with van der Waals surface area (Å²) in [4.78, 5) is 23.9. The molecule has 3 aromatic rings. The van der Waals surface area contributed by atoms with Gasteiger partial charge in [-0.15, -0.1) is 0 Å². The largest absolute Gasteiger partial charge is 0.352 e. The zero-order valence-corrected chi connectivity index (χ0v) is 14.4. The van der Waals surface area contributed by atoms with Gasteiger partial charge in [0.15, 0.2) is 0 Å². The van der Waals surface area contributed by atoms with Gasteiger partial charge in [0.25, 0.3) is 11.5 Å². The lowest BCUT2D eigenvalue weighted by Crippen LogP contribution is -2.28. The highest BCUT2D eigenvalue weighted by molar-refractivity contribution is 5.94. The molecule has 0 radical (unpaired) electrons. The Morgan fingerprint density at radius 2 is 1.56 bits per heavy atom. The van der Waals surface area contributed by atoms with Crippen molar-refractivity contribution >= 4 is 5.91 Å². The van der Waals surface area contributed by atoms with E-state index < -0.39 is 5.82 Å². The summed E-state index contributed by atoms with van der Waals surface area (Å²) in [5.41, 5.74) is 1.37. The van der Waals surface area contributed by atoms with E-state index in [1.807, 2.05) is 0 Å². The van der Waals surface area contributed by atoms with E-state index in [2.05, 4.69) is 10.4 Å². The molecule has 0 aliphatic heterocycles. The normalized spacial score (nSPS) is 10.6. The Bertz CT molecular complexity index is 983. The molecule has 0 fully saturated rings. The molecule has 1 aromatic heterocycles. The van der Waals surface area contributed by atoms with E-state index in [1.54, 1.807) is 18.2 Å². The monoisotopic (exact) mass is 369 g/mol. The minimum atomic E-state index is -0.405. The molecular weight excluding hydrogens is 352 g/mol. The Balaban J connectivity index is 1.58. The number of amides is 1. The molecular formula is C20H17F2N3O2. The molecule has 2 aromatic carbocycles. The van der Waals surface area contributed by atoms with E-state index in [0.29, 0.717) is 36.3 Å². The molecule has 1 N–H and O–H groups in total. The number of benzene rings is 2. The lowest BCUT2D eigenvalue weighted by atomic mass is 10.1. The van der Waals surface area contributed by atoms with Crippen LogP contribution < -0.4 is 10.9 Å². The van der Waals surface area contributed by atoms with Crippen LogP contribution in [0.15, 0.2) is 65.5 Å². The second-order valence-electron chi connectivity index (χ2n) is 5.90. The van der Waals surface area contributed by atoms with Crippen LogP contribution in [0.2, 0.25) is 0 Å². The minimum absolute atomic E-state index is 0.259. The van der Waals surface area contributed by atoms with Gasteiger partial charge in [0.2, 0.25) is 0 Å². The molecule has 0 atom stereocenters. The molecule has 7 heteroatoms. The molecule has 0 saturated carbocycles. The van der Waals surface area contributed by atoms with Gasteiger partial charge in [-0.1, -0.05) is 0 Å². The molecule has 0 bridgehead atoms. The molecule has 0 unspecified atom stereocenters. The van der Waals surface area contributed by atoms with Gasteiger partial charge < -0.3 is 5.32 Å². The Morgan fingerprint density at radius 3 is 2.22 bits per heavy atom. The van der Waals surface area contributed by atoms with Gasteiger partial charge in [-0.25, -0.2) is 13.5 Å². The van der Waals surface area contributed by atoms with Gasteiger partial charge in [0.05, 0.1) is 5.69 Å². The highest BCUT2D eigenvalue weighted by atomic mass is 19.1. The van der Waals surface area contributed by atoms with Gasteiger partial charge in [-0.3, -0.25) is 9.59 Å². The maximum absolute atomic E-state index is 13.0. The van der Waals surface area contributed by atoms with E-state index in [1.165, 1.54) is 47.1 Å². The summed E-state index contributed by atoms with van der Waals surface area (Å²) < 4.78 is 27.2. The highest BCUT2D eigenvalue weighted by Crippen LogP contribution is 2.15. The molecule has 1 heterocycles. The van der Waals surface area contributed by atoms with Crippen LogP contribution in [0.3, 0.4) is 0 Å². The SMILES string of the molecule is O=C(NCCCn1nc(-c2ccc(F)cc2)ccc1=O)c1ccc(F)cc1. The number of aryl methyl sites for hydroxylation is 1. The van der Waals surface area contributed by atoms with Gasteiger partial charge >= 0.3 is 0 Å². The Morgan fingerprint density at radius 1 is 0.926 bits per heavy atom. The molecule has 0 aliphatic rings. The first kappa shape index (κ1) is 18.4. The Kier molecular flexibility index (Phi) is 5.71. The van der Waals surface area contributed by atoms with Crippen molar-refractivity contribution in [3.63, 3.8) is 0 Å². The molecule has 5 nitrogen and oxygen atoms in total. The van der Waals surface area contributed by atoms with Crippen molar-refractivity contribution in [1.29, 1.82) is 0 Å². The number of carbonyl (C=O) groups is 1. The van der Waals surface area contributed by atoms with Gasteiger partial charge in [0.1, 0.15) is 11.6 Å². The van der Waals surface area contributed by atoms with Crippen molar-refractivity contribution in [3.05, 3.63) is 88.2 Å². The topological polar surface area (TPSA) is 64.0 Å². The van der Waals surface area contributed by atoms with Crippen molar-refractivity contribution in [3.8, 4) is 11.3 Å². The van der Waals surface area contributed by atoms with Crippen LogP contribution >= 0.6 is 0 Å². The first-order valence-electron chi connectivity index (χ1n) is 8.41. The van der Waals surface area contributed by atoms with Crippen LogP contribution in [-0.4, -0.2) is 22.2 Å². The summed E-state index contributed by atoms with van der Waals surface area (Å²) in [5.74, 6) is -1.06. The van der Waals surface area contributed by atoms with Crippen LogP contribution in [0.25, 0.3) is 11.3 Å². The lowest BCUT2D eigenvalue weighted by Gasteiger charge is -2.08. The standard InChI is InChI=1S/C20H17F2N3O2/c21-16-6-2-14(3-7-16)18-10-11-19(26)25(24-18)13-1-12-23-20(27)15-4-8-17(22)9-5-15/h2-11H,1,12-13H2,(H,23,27). The van der Waals surface area contributed by atoms with E-state index in [4.69, 9.17) is 0 Å². The summed E-state index contributed by atoms with van der Waals surface area (Å²) in [6.45, 7) is 0.655. The average molecular weight is 369 g/mol. The van der Waals surface area contributed by atoms with E-state index in [9.17, 15) is 18.4 Å². The van der Waals surface area contributed by atoms with Crippen LogP contribution in [0, 0.1) is 11.6 Å². The number of hydrogen-bond acceptors (Lipinski definition) is 3. The van der Waals surface area contributed by atoms with E-state index >= 15 is 0 Å². The van der Waals surface area contributed by atoms with Crippen molar-refractivity contribution in [2.24, 2.45) is 0 Å². The van der Waals surface area contributed by atoms with Gasteiger partial charge in [0, 0.05) is 30.3 Å². The summed E-state index contributed by atoms with van der Waals surface area (Å²) in [7, 11) is 0.